The maximum atomic E-state index is 11.8. The summed E-state index contributed by atoms with van der Waals surface area (Å²) in [5.41, 5.74) is 1.02. The second kappa shape index (κ2) is 6.01. The summed E-state index contributed by atoms with van der Waals surface area (Å²) in [4.78, 5) is 20.4. The normalized spacial score (nSPS) is 10.9. The van der Waals surface area contributed by atoms with Crippen molar-refractivity contribution in [1.82, 2.24) is 19.6 Å². The van der Waals surface area contributed by atoms with Crippen molar-refractivity contribution in [2.75, 3.05) is 12.4 Å². The Hall–Kier alpha value is -1.63. The van der Waals surface area contributed by atoms with Crippen molar-refractivity contribution in [2.24, 2.45) is 0 Å². The Morgan fingerprint density at radius 3 is 2.89 bits per heavy atom. The lowest BCUT2D eigenvalue weighted by Crippen LogP contribution is -2.10. The maximum absolute atomic E-state index is 11.8. The molecule has 0 radical (unpaired) electrons. The number of hydrogen-bond acceptors (Lipinski definition) is 6. The van der Waals surface area contributed by atoms with Gasteiger partial charge in [0.05, 0.1) is 17.9 Å². The van der Waals surface area contributed by atoms with Gasteiger partial charge in [0.15, 0.2) is 0 Å². The van der Waals surface area contributed by atoms with Crippen molar-refractivity contribution in [3.05, 3.63) is 17.5 Å². The van der Waals surface area contributed by atoms with E-state index in [0.717, 1.165) is 12.2 Å². The van der Waals surface area contributed by atoms with Crippen LogP contribution in [-0.2, 0) is 4.74 Å². The number of carbonyl (C=O) groups excluding carboxylic acids is 1. The minimum Gasteiger partial charge on any atom is -0.462 e. The first kappa shape index (κ1) is 13.8. The first-order valence-electron chi connectivity index (χ1n) is 6.19. The molecule has 0 N–H and O–H groups in total. The topological polar surface area (TPSA) is 69.4 Å². The standard InChI is InChI=1S/C12H16N4O2S/c1-4-6-19-12-14-11-13-8(3)9(7-16(11)15-12)10(17)18-5-2/h7H,4-6H2,1-3H3. The summed E-state index contributed by atoms with van der Waals surface area (Å²) >= 11 is 1.58. The molecular weight excluding hydrogens is 264 g/mol. The van der Waals surface area contributed by atoms with Crippen molar-refractivity contribution in [3.63, 3.8) is 0 Å². The molecular formula is C12H16N4O2S. The van der Waals surface area contributed by atoms with E-state index in [4.69, 9.17) is 4.74 Å². The van der Waals surface area contributed by atoms with Crippen LogP contribution in [0.5, 0.6) is 0 Å². The largest absolute Gasteiger partial charge is 0.462 e. The van der Waals surface area contributed by atoms with Crippen LogP contribution in [0.1, 0.15) is 36.3 Å². The summed E-state index contributed by atoms with van der Waals surface area (Å²) in [7, 11) is 0. The van der Waals surface area contributed by atoms with E-state index in [1.54, 1.807) is 31.8 Å². The van der Waals surface area contributed by atoms with Crippen molar-refractivity contribution in [2.45, 2.75) is 32.3 Å². The molecule has 0 saturated carbocycles. The lowest BCUT2D eigenvalue weighted by molar-refractivity contribution is 0.0524. The van der Waals surface area contributed by atoms with Crippen LogP contribution in [0, 0.1) is 6.92 Å². The fourth-order valence-corrected chi connectivity index (χ4v) is 2.23. The van der Waals surface area contributed by atoms with Crippen molar-refractivity contribution in [3.8, 4) is 0 Å². The summed E-state index contributed by atoms with van der Waals surface area (Å²) in [5, 5.41) is 4.97. The van der Waals surface area contributed by atoms with E-state index in [-0.39, 0.29) is 5.97 Å². The average Bonchev–Trinajstić information content (AvgIpc) is 2.77. The average molecular weight is 280 g/mol. The quantitative estimate of drug-likeness (QED) is 0.617. The molecule has 2 heterocycles. The van der Waals surface area contributed by atoms with E-state index in [1.807, 2.05) is 0 Å². The molecule has 0 bridgehead atoms. The van der Waals surface area contributed by atoms with Crippen molar-refractivity contribution < 1.29 is 9.53 Å². The van der Waals surface area contributed by atoms with Crippen LogP contribution in [0.2, 0.25) is 0 Å². The lowest BCUT2D eigenvalue weighted by atomic mass is 10.2. The Labute approximate surface area is 115 Å². The zero-order chi connectivity index (χ0) is 13.8. The summed E-state index contributed by atoms with van der Waals surface area (Å²) in [6.07, 6.45) is 2.68. The van der Waals surface area contributed by atoms with Crippen molar-refractivity contribution in [1.29, 1.82) is 0 Å². The molecule has 6 nitrogen and oxygen atoms in total. The number of thioether (sulfide) groups is 1. The summed E-state index contributed by atoms with van der Waals surface area (Å²) in [5.74, 6) is 1.08. The minimum absolute atomic E-state index is 0.339. The van der Waals surface area contributed by atoms with E-state index in [2.05, 4.69) is 22.0 Å². The highest BCUT2D eigenvalue weighted by molar-refractivity contribution is 7.99. The van der Waals surface area contributed by atoms with Gasteiger partial charge < -0.3 is 4.74 Å². The molecule has 0 atom stereocenters. The molecule has 2 aromatic rings. The first-order valence-corrected chi connectivity index (χ1v) is 7.18. The second-order valence-electron chi connectivity index (χ2n) is 3.95. The third-order valence-corrected chi connectivity index (χ3v) is 3.48. The third kappa shape index (κ3) is 3.04. The zero-order valence-corrected chi connectivity index (χ0v) is 12.0. The maximum Gasteiger partial charge on any atom is 0.341 e. The Balaban J connectivity index is 2.35. The van der Waals surface area contributed by atoms with E-state index in [1.165, 1.54) is 4.52 Å². The van der Waals surface area contributed by atoms with Gasteiger partial charge in [-0.1, -0.05) is 18.7 Å². The van der Waals surface area contributed by atoms with E-state index in [9.17, 15) is 4.79 Å². The van der Waals surface area contributed by atoms with Gasteiger partial charge in [0.1, 0.15) is 0 Å². The molecule has 0 spiro atoms. The Kier molecular flexibility index (Phi) is 4.36. The van der Waals surface area contributed by atoms with Gasteiger partial charge >= 0.3 is 5.97 Å². The van der Waals surface area contributed by atoms with Crippen LogP contribution in [0.25, 0.3) is 5.78 Å². The second-order valence-corrected chi connectivity index (χ2v) is 5.01. The first-order chi connectivity index (χ1) is 9.15. The van der Waals surface area contributed by atoms with Crippen LogP contribution < -0.4 is 0 Å². The number of fused-ring (bicyclic) bond motifs is 1. The molecule has 0 aromatic carbocycles. The monoisotopic (exact) mass is 280 g/mol. The molecule has 2 rings (SSSR count). The SMILES string of the molecule is CCCSc1nc2nc(C)c(C(=O)OCC)cn2n1. The van der Waals surface area contributed by atoms with Crippen LogP contribution in [-0.4, -0.2) is 37.9 Å². The molecule has 19 heavy (non-hydrogen) atoms. The van der Waals surface area contributed by atoms with Gasteiger partial charge in [0.2, 0.25) is 5.16 Å². The summed E-state index contributed by atoms with van der Waals surface area (Å²) in [6.45, 7) is 5.98. The number of rotatable bonds is 5. The van der Waals surface area contributed by atoms with Gasteiger partial charge in [0, 0.05) is 11.9 Å². The molecule has 2 aromatic heterocycles. The van der Waals surface area contributed by atoms with E-state index >= 15 is 0 Å². The number of hydrogen-bond donors (Lipinski definition) is 0. The van der Waals surface area contributed by atoms with Gasteiger partial charge in [-0.25, -0.2) is 14.3 Å². The Bertz CT molecular complexity index is 597. The molecule has 0 aliphatic carbocycles. The number of esters is 1. The van der Waals surface area contributed by atoms with Crippen LogP contribution in [0.15, 0.2) is 11.4 Å². The number of carbonyl (C=O) groups is 1. The molecule has 0 aliphatic rings. The van der Waals surface area contributed by atoms with Crippen LogP contribution >= 0.6 is 11.8 Å². The molecule has 7 heteroatoms. The van der Waals surface area contributed by atoms with E-state index in [0.29, 0.717) is 28.8 Å². The predicted octanol–water partition coefficient (Wildman–Crippen LogP) is 2.11. The minimum atomic E-state index is -0.382. The van der Waals surface area contributed by atoms with Gasteiger partial charge in [-0.3, -0.25) is 0 Å². The fraction of sp³-hybridized carbons (Fsp3) is 0.500. The molecule has 0 unspecified atom stereocenters. The van der Waals surface area contributed by atoms with Gasteiger partial charge in [-0.2, -0.15) is 4.98 Å². The molecule has 0 aliphatic heterocycles. The van der Waals surface area contributed by atoms with Crippen LogP contribution in [0.3, 0.4) is 0 Å². The smallest absolute Gasteiger partial charge is 0.341 e. The Morgan fingerprint density at radius 2 is 2.21 bits per heavy atom. The lowest BCUT2D eigenvalue weighted by Gasteiger charge is -2.04. The molecule has 0 saturated heterocycles. The Morgan fingerprint density at radius 1 is 1.42 bits per heavy atom. The zero-order valence-electron chi connectivity index (χ0n) is 11.2. The number of aromatic nitrogens is 4. The highest BCUT2D eigenvalue weighted by Gasteiger charge is 2.15. The number of ether oxygens (including phenoxy) is 1. The number of aryl methyl sites for hydroxylation is 1. The number of nitrogens with zero attached hydrogens (tertiary/aromatic N) is 4. The van der Waals surface area contributed by atoms with Crippen molar-refractivity contribution >= 4 is 23.5 Å². The molecule has 102 valence electrons. The van der Waals surface area contributed by atoms with Gasteiger partial charge in [0.25, 0.3) is 5.78 Å². The summed E-state index contributed by atoms with van der Waals surface area (Å²) < 4.78 is 6.51. The molecule has 0 fully saturated rings. The summed E-state index contributed by atoms with van der Waals surface area (Å²) in [6, 6.07) is 0. The highest BCUT2D eigenvalue weighted by Crippen LogP contribution is 2.16. The van der Waals surface area contributed by atoms with Crippen LogP contribution in [0.4, 0.5) is 0 Å². The van der Waals surface area contributed by atoms with E-state index < -0.39 is 0 Å². The predicted molar refractivity (Wildman–Crippen MR) is 72.5 cm³/mol. The van der Waals surface area contributed by atoms with Gasteiger partial charge in [-0.05, 0) is 20.3 Å². The fourth-order valence-electron chi connectivity index (χ4n) is 1.55. The third-order valence-electron chi connectivity index (χ3n) is 2.43. The van der Waals surface area contributed by atoms with Gasteiger partial charge in [-0.15, -0.1) is 5.10 Å². The molecule has 0 amide bonds. The highest BCUT2D eigenvalue weighted by atomic mass is 32.2.